The summed E-state index contributed by atoms with van der Waals surface area (Å²) >= 11 is 3.42. The Morgan fingerprint density at radius 2 is 2.10 bits per heavy atom. The van der Waals surface area contributed by atoms with Crippen LogP contribution < -0.4 is 5.32 Å². The van der Waals surface area contributed by atoms with Crippen molar-refractivity contribution in [1.82, 2.24) is 20.3 Å². The Kier molecular flexibility index (Phi) is 3.56. The second-order valence-corrected chi connectivity index (χ2v) is 5.76. The molecule has 104 valence electrons. The third-order valence-electron chi connectivity index (χ3n) is 3.29. The number of amides is 1. The first-order valence-corrected chi connectivity index (χ1v) is 7.49. The van der Waals surface area contributed by atoms with Gasteiger partial charge in [-0.05, 0) is 44.0 Å². The van der Waals surface area contributed by atoms with E-state index in [0.29, 0.717) is 18.2 Å². The van der Waals surface area contributed by atoms with Crippen LogP contribution in [0.15, 0.2) is 28.7 Å². The van der Waals surface area contributed by atoms with Gasteiger partial charge in [-0.25, -0.2) is 4.68 Å². The number of hydrogen-bond acceptors (Lipinski definition) is 3. The van der Waals surface area contributed by atoms with Gasteiger partial charge >= 0.3 is 0 Å². The highest BCUT2D eigenvalue weighted by Gasteiger charge is 2.34. The van der Waals surface area contributed by atoms with Crippen molar-refractivity contribution in [2.75, 3.05) is 6.54 Å². The smallest absolute Gasteiger partial charge is 0.273 e. The minimum Gasteiger partial charge on any atom is -0.351 e. The molecule has 1 N–H and O–H groups in total. The summed E-state index contributed by atoms with van der Waals surface area (Å²) < 4.78 is 2.80. The summed E-state index contributed by atoms with van der Waals surface area (Å²) in [6, 6.07) is 7.84. The van der Waals surface area contributed by atoms with Crippen LogP contribution in [0, 0.1) is 0 Å². The fraction of sp³-hybridized carbons (Fsp3) is 0.357. The van der Waals surface area contributed by atoms with Crippen LogP contribution in [-0.2, 0) is 0 Å². The van der Waals surface area contributed by atoms with E-state index >= 15 is 0 Å². The normalized spacial score (nSPS) is 14.3. The topological polar surface area (TPSA) is 59.8 Å². The molecule has 3 rings (SSSR count). The van der Waals surface area contributed by atoms with Gasteiger partial charge in [0.15, 0.2) is 5.69 Å². The van der Waals surface area contributed by atoms with Crippen molar-refractivity contribution >= 4 is 21.8 Å². The Labute approximate surface area is 125 Å². The molecule has 5 nitrogen and oxygen atoms in total. The van der Waals surface area contributed by atoms with E-state index in [4.69, 9.17) is 0 Å². The lowest BCUT2D eigenvalue weighted by molar-refractivity contribution is 0.0949. The zero-order chi connectivity index (χ0) is 14.1. The van der Waals surface area contributed by atoms with Crippen molar-refractivity contribution in [1.29, 1.82) is 0 Å². The summed E-state index contributed by atoms with van der Waals surface area (Å²) in [5.41, 5.74) is 2.31. The summed E-state index contributed by atoms with van der Waals surface area (Å²) in [7, 11) is 0. The Hall–Kier alpha value is -1.69. The first-order valence-electron chi connectivity index (χ1n) is 6.70. The summed E-state index contributed by atoms with van der Waals surface area (Å²) in [6.45, 7) is 2.49. The lowest BCUT2D eigenvalue weighted by Gasteiger charge is -2.07. The number of carbonyl (C=O) groups is 1. The van der Waals surface area contributed by atoms with Gasteiger partial charge in [0.2, 0.25) is 0 Å². The molecule has 0 radical (unpaired) electrons. The molecule has 1 aromatic carbocycles. The molecule has 1 aliphatic carbocycles. The zero-order valence-corrected chi connectivity index (χ0v) is 12.7. The molecule has 20 heavy (non-hydrogen) atoms. The number of nitrogens with zero attached hydrogens (tertiary/aromatic N) is 3. The fourth-order valence-corrected chi connectivity index (χ4v) is 2.46. The minimum absolute atomic E-state index is 0.141. The average Bonchev–Trinajstić information content (AvgIpc) is 3.19. The molecule has 0 bridgehead atoms. The Balaban J connectivity index is 2.03. The van der Waals surface area contributed by atoms with Crippen LogP contribution in [0.1, 0.15) is 41.9 Å². The number of benzene rings is 1. The van der Waals surface area contributed by atoms with Crippen LogP contribution in [0.2, 0.25) is 0 Å². The summed E-state index contributed by atoms with van der Waals surface area (Å²) in [5, 5.41) is 11.1. The number of rotatable bonds is 4. The molecule has 0 spiro atoms. The Morgan fingerprint density at radius 3 is 2.70 bits per heavy atom. The molecule has 0 saturated heterocycles. The predicted octanol–water partition coefficient (Wildman–Crippen LogP) is 2.66. The standard InChI is InChI=1S/C14H15BrN4O/c1-2-16-14(20)12-13(9-3-4-9)19(18-17-12)11-7-5-10(15)6-8-11/h5-9H,2-4H2,1H3,(H,16,20). The monoisotopic (exact) mass is 334 g/mol. The molecule has 1 aromatic heterocycles. The zero-order valence-electron chi connectivity index (χ0n) is 11.1. The van der Waals surface area contributed by atoms with E-state index in [9.17, 15) is 4.79 Å². The molecule has 1 heterocycles. The molecule has 0 aliphatic heterocycles. The van der Waals surface area contributed by atoms with Gasteiger partial charge in [-0.1, -0.05) is 21.1 Å². The molecule has 1 amide bonds. The number of carbonyl (C=O) groups excluding carboxylic acids is 1. The van der Waals surface area contributed by atoms with Crippen LogP contribution in [0.5, 0.6) is 0 Å². The Morgan fingerprint density at radius 1 is 1.40 bits per heavy atom. The van der Waals surface area contributed by atoms with E-state index in [-0.39, 0.29) is 5.91 Å². The van der Waals surface area contributed by atoms with Crippen molar-refractivity contribution in [3.05, 3.63) is 40.1 Å². The largest absolute Gasteiger partial charge is 0.351 e. The van der Waals surface area contributed by atoms with Crippen molar-refractivity contribution in [3.8, 4) is 5.69 Å². The predicted molar refractivity (Wildman–Crippen MR) is 79.0 cm³/mol. The van der Waals surface area contributed by atoms with Gasteiger partial charge in [0.25, 0.3) is 5.91 Å². The molecule has 1 aliphatic rings. The lowest BCUT2D eigenvalue weighted by atomic mass is 10.2. The van der Waals surface area contributed by atoms with Crippen molar-refractivity contribution < 1.29 is 4.79 Å². The van der Waals surface area contributed by atoms with E-state index in [1.807, 2.05) is 31.2 Å². The number of nitrogens with one attached hydrogen (secondary N) is 1. The highest BCUT2D eigenvalue weighted by molar-refractivity contribution is 9.10. The summed E-state index contributed by atoms with van der Waals surface area (Å²) in [5.74, 6) is 0.254. The van der Waals surface area contributed by atoms with Crippen LogP contribution in [0.3, 0.4) is 0 Å². The quantitative estimate of drug-likeness (QED) is 0.934. The van der Waals surface area contributed by atoms with E-state index < -0.39 is 0 Å². The molecule has 1 saturated carbocycles. The maximum atomic E-state index is 12.1. The first kappa shape index (κ1) is 13.3. The fourth-order valence-electron chi connectivity index (χ4n) is 2.19. The molecular weight excluding hydrogens is 320 g/mol. The Bertz CT molecular complexity index is 631. The molecule has 2 aromatic rings. The van der Waals surface area contributed by atoms with E-state index in [1.165, 1.54) is 0 Å². The molecular formula is C14H15BrN4O. The van der Waals surface area contributed by atoms with Gasteiger partial charge in [0.05, 0.1) is 11.4 Å². The van der Waals surface area contributed by atoms with Crippen LogP contribution >= 0.6 is 15.9 Å². The lowest BCUT2D eigenvalue weighted by Crippen LogP contribution is -2.24. The maximum Gasteiger partial charge on any atom is 0.273 e. The molecule has 0 atom stereocenters. The van der Waals surface area contributed by atoms with Gasteiger partial charge < -0.3 is 5.32 Å². The highest BCUT2D eigenvalue weighted by Crippen LogP contribution is 2.41. The number of halogens is 1. The SMILES string of the molecule is CCNC(=O)c1nnn(-c2ccc(Br)cc2)c1C1CC1. The second kappa shape index (κ2) is 5.36. The summed E-state index contributed by atoms with van der Waals surface area (Å²) in [6.07, 6.45) is 2.19. The van der Waals surface area contributed by atoms with E-state index in [0.717, 1.165) is 28.7 Å². The van der Waals surface area contributed by atoms with Gasteiger partial charge in [-0.15, -0.1) is 5.10 Å². The number of hydrogen-bond donors (Lipinski definition) is 1. The molecule has 0 unspecified atom stereocenters. The minimum atomic E-state index is -0.141. The van der Waals surface area contributed by atoms with Gasteiger partial charge in [0, 0.05) is 16.9 Å². The van der Waals surface area contributed by atoms with E-state index in [2.05, 4.69) is 31.6 Å². The van der Waals surface area contributed by atoms with Gasteiger partial charge in [-0.2, -0.15) is 0 Å². The van der Waals surface area contributed by atoms with Gasteiger partial charge in [0.1, 0.15) is 0 Å². The van der Waals surface area contributed by atoms with Crippen LogP contribution in [0.25, 0.3) is 5.69 Å². The molecule has 1 fully saturated rings. The van der Waals surface area contributed by atoms with Crippen molar-refractivity contribution in [3.63, 3.8) is 0 Å². The average molecular weight is 335 g/mol. The third kappa shape index (κ3) is 2.47. The van der Waals surface area contributed by atoms with Crippen LogP contribution in [-0.4, -0.2) is 27.4 Å². The van der Waals surface area contributed by atoms with Crippen molar-refractivity contribution in [2.45, 2.75) is 25.7 Å². The van der Waals surface area contributed by atoms with Crippen LogP contribution in [0.4, 0.5) is 0 Å². The maximum absolute atomic E-state index is 12.1. The summed E-state index contributed by atoms with van der Waals surface area (Å²) in [4.78, 5) is 12.1. The highest BCUT2D eigenvalue weighted by atomic mass is 79.9. The number of aromatic nitrogens is 3. The second-order valence-electron chi connectivity index (χ2n) is 4.85. The third-order valence-corrected chi connectivity index (χ3v) is 3.82. The van der Waals surface area contributed by atoms with Crippen molar-refractivity contribution in [2.24, 2.45) is 0 Å². The molecule has 6 heteroatoms. The van der Waals surface area contributed by atoms with E-state index in [1.54, 1.807) is 4.68 Å². The first-order chi connectivity index (χ1) is 9.70. The van der Waals surface area contributed by atoms with Gasteiger partial charge in [-0.3, -0.25) is 4.79 Å².